The number of piperidine rings is 2. The molecular formula is C46H52N6O7. The third kappa shape index (κ3) is 7.75. The molecule has 5 fully saturated rings. The molecule has 0 radical (unpaired) electrons. The molecule has 0 bridgehead atoms. The molecule has 7 aliphatic rings. The highest BCUT2D eigenvalue weighted by atomic mass is 16.5. The first-order valence-corrected chi connectivity index (χ1v) is 21.1. The Bertz CT molecular complexity index is 2260. The lowest BCUT2D eigenvalue weighted by molar-refractivity contribution is -0.136. The number of methoxy groups -OCH3 is 2. The van der Waals surface area contributed by atoms with E-state index in [4.69, 9.17) is 24.2 Å². The van der Waals surface area contributed by atoms with Crippen LogP contribution >= 0.6 is 0 Å². The van der Waals surface area contributed by atoms with Crippen LogP contribution in [0, 0.1) is 35.5 Å². The first-order valence-electron chi connectivity index (χ1n) is 21.1. The highest BCUT2D eigenvalue weighted by Crippen LogP contribution is 2.51. The number of nitrogens with one attached hydrogen (secondary N) is 2. The number of alkyl carbamates (subject to hydrolysis) is 2. The SMILES string of the molecule is COC(=O)N[C@H](C(=O)N1[C@@H]2C[C@@H]2C[C@H]1C1=NC=C(C#Cc2ccc3cc(C4=CN=C(C5C[C@H]6C[C@H]6N5C(=O)[C@@H](NC(=O)OC)C5CCOCC5)C4)ccc3c2)C1)C(C)C. The normalized spacial score (nSPS) is 27.7. The molecule has 2 aliphatic carbocycles. The lowest BCUT2D eigenvalue weighted by Crippen LogP contribution is -2.56. The van der Waals surface area contributed by atoms with Gasteiger partial charge in [0.2, 0.25) is 11.8 Å². The number of likely N-dealkylation sites (tertiary alicyclic amines) is 2. The lowest BCUT2D eigenvalue weighted by Gasteiger charge is -2.36. The van der Waals surface area contributed by atoms with Gasteiger partial charge in [-0.15, -0.1) is 0 Å². The number of amides is 4. The van der Waals surface area contributed by atoms with Gasteiger partial charge < -0.3 is 34.6 Å². The number of carbonyl (C=O) groups excluding carboxylic acids is 4. The summed E-state index contributed by atoms with van der Waals surface area (Å²) in [5.74, 6) is 7.42. The predicted octanol–water partition coefficient (Wildman–Crippen LogP) is 5.62. The van der Waals surface area contributed by atoms with Gasteiger partial charge in [-0.05, 0) is 102 Å². The molecule has 13 nitrogen and oxygen atoms in total. The monoisotopic (exact) mass is 800 g/mol. The molecule has 9 rings (SSSR count). The van der Waals surface area contributed by atoms with Crippen molar-refractivity contribution in [2.24, 2.45) is 33.7 Å². The van der Waals surface area contributed by atoms with E-state index in [1.165, 1.54) is 14.2 Å². The van der Waals surface area contributed by atoms with Crippen LogP contribution in [0.15, 0.2) is 64.4 Å². The highest BCUT2D eigenvalue weighted by molar-refractivity contribution is 6.05. The fourth-order valence-corrected chi connectivity index (χ4v) is 10.0. The van der Waals surface area contributed by atoms with E-state index in [-0.39, 0.29) is 47.8 Å². The molecule has 13 heteroatoms. The molecule has 0 spiro atoms. The summed E-state index contributed by atoms with van der Waals surface area (Å²) in [6, 6.07) is 11.6. The number of rotatable bonds is 9. The molecule has 5 aliphatic heterocycles. The standard InChI is InChI=1S/C46H52N6O7/c1-25(2)41(49-45(55)57-3)43(53)51-37-19-32(37)21-39(51)35-16-27(23-47-35)6-5-26-7-8-30-17-31(10-9-29(30)15-26)34-18-36(48-24-34)40-22-33-20-38(33)52(40)44(54)42(50-46(56)58-4)28-11-13-59-14-12-28/h7-10,15,17,23-25,28,32-33,37-42H,11-14,16,18-22H2,1-4H3,(H,49,55)(H,50,56)/t32-,33-,37-,38-,39+,40?,41+,42+/m1/s1. The number of hydrogen-bond acceptors (Lipinski definition) is 9. The lowest BCUT2D eigenvalue weighted by atomic mass is 9.90. The van der Waals surface area contributed by atoms with E-state index in [1.54, 1.807) is 0 Å². The van der Waals surface area contributed by atoms with Crippen molar-refractivity contribution < 1.29 is 33.4 Å². The summed E-state index contributed by atoms with van der Waals surface area (Å²) < 4.78 is 15.3. The Morgan fingerprint density at radius 1 is 0.763 bits per heavy atom. The van der Waals surface area contributed by atoms with Crippen LogP contribution in [0.4, 0.5) is 9.59 Å². The second kappa shape index (κ2) is 15.9. The minimum Gasteiger partial charge on any atom is -0.453 e. The number of hydrogen-bond donors (Lipinski definition) is 2. The zero-order valence-electron chi connectivity index (χ0n) is 34.1. The molecule has 0 aromatic heterocycles. The first-order chi connectivity index (χ1) is 28.6. The fraction of sp³-hybridized carbons (Fsp3) is 0.522. The van der Waals surface area contributed by atoms with E-state index in [2.05, 4.69) is 52.8 Å². The maximum atomic E-state index is 14.2. The number of aliphatic imine (C=N–C) groups is 2. The zero-order valence-corrected chi connectivity index (χ0v) is 34.1. The number of nitrogens with zero attached hydrogens (tertiary/aromatic N) is 4. The van der Waals surface area contributed by atoms with Crippen molar-refractivity contribution in [1.29, 1.82) is 0 Å². The third-order valence-electron chi connectivity index (χ3n) is 13.4. The van der Waals surface area contributed by atoms with E-state index in [1.807, 2.05) is 42.1 Å². The van der Waals surface area contributed by atoms with E-state index in [0.29, 0.717) is 50.7 Å². The molecule has 4 amide bonds. The highest BCUT2D eigenvalue weighted by Gasteiger charge is 2.58. The van der Waals surface area contributed by atoms with Gasteiger partial charge >= 0.3 is 12.2 Å². The van der Waals surface area contributed by atoms with Gasteiger partial charge in [-0.1, -0.05) is 43.9 Å². The van der Waals surface area contributed by atoms with Gasteiger partial charge in [-0.2, -0.15) is 0 Å². The average molecular weight is 801 g/mol. The molecule has 308 valence electrons. The number of fused-ring (bicyclic) bond motifs is 3. The van der Waals surface area contributed by atoms with Gasteiger partial charge in [0.25, 0.3) is 0 Å². The van der Waals surface area contributed by atoms with Crippen molar-refractivity contribution in [3.63, 3.8) is 0 Å². The number of ether oxygens (including phenoxy) is 3. The van der Waals surface area contributed by atoms with Gasteiger partial charge in [0.15, 0.2) is 0 Å². The molecule has 5 heterocycles. The Kier molecular flexibility index (Phi) is 10.5. The Hall–Kier alpha value is -5.48. The minimum atomic E-state index is -0.659. The molecule has 59 heavy (non-hydrogen) atoms. The maximum Gasteiger partial charge on any atom is 0.407 e. The van der Waals surface area contributed by atoms with Crippen molar-refractivity contribution in [3.05, 3.63) is 65.5 Å². The van der Waals surface area contributed by atoms with Crippen molar-refractivity contribution in [2.45, 2.75) is 101 Å². The van der Waals surface area contributed by atoms with Gasteiger partial charge in [-0.25, -0.2) is 9.59 Å². The van der Waals surface area contributed by atoms with E-state index < -0.39 is 24.3 Å². The zero-order chi connectivity index (χ0) is 40.9. The van der Waals surface area contributed by atoms with Crippen LogP contribution < -0.4 is 10.6 Å². The minimum absolute atomic E-state index is 0.00125. The van der Waals surface area contributed by atoms with Gasteiger partial charge in [0.05, 0.1) is 26.3 Å². The third-order valence-corrected chi connectivity index (χ3v) is 13.4. The average Bonchev–Trinajstić information content (AvgIpc) is 3.85. The van der Waals surface area contributed by atoms with Crippen LogP contribution in [0.3, 0.4) is 0 Å². The molecule has 2 aromatic rings. The van der Waals surface area contributed by atoms with E-state index >= 15 is 0 Å². The van der Waals surface area contributed by atoms with Crippen LogP contribution in [0.5, 0.6) is 0 Å². The summed E-state index contributed by atoms with van der Waals surface area (Å²) in [7, 11) is 2.63. The molecule has 2 aromatic carbocycles. The Morgan fingerprint density at radius 2 is 1.39 bits per heavy atom. The molecule has 2 saturated carbocycles. The van der Waals surface area contributed by atoms with E-state index in [9.17, 15) is 19.2 Å². The van der Waals surface area contributed by atoms with Crippen molar-refractivity contribution >= 4 is 51.8 Å². The Morgan fingerprint density at radius 3 is 2.08 bits per heavy atom. The van der Waals surface area contributed by atoms with Crippen LogP contribution in [-0.2, 0) is 23.8 Å². The van der Waals surface area contributed by atoms with Crippen molar-refractivity contribution in [1.82, 2.24) is 20.4 Å². The summed E-state index contributed by atoms with van der Waals surface area (Å²) in [6.45, 7) is 5.01. The van der Waals surface area contributed by atoms with E-state index in [0.717, 1.165) is 70.2 Å². The second-order valence-corrected chi connectivity index (χ2v) is 17.5. The van der Waals surface area contributed by atoms with Gasteiger partial charge in [-0.3, -0.25) is 19.6 Å². The Labute approximate surface area is 344 Å². The molecular weight excluding hydrogens is 749 g/mol. The first kappa shape index (κ1) is 39.0. The maximum absolute atomic E-state index is 14.2. The largest absolute Gasteiger partial charge is 0.453 e. The smallest absolute Gasteiger partial charge is 0.407 e. The summed E-state index contributed by atoms with van der Waals surface area (Å²) in [6.07, 6.45) is 9.06. The molecule has 2 N–H and O–H groups in total. The fourth-order valence-electron chi connectivity index (χ4n) is 10.0. The number of benzene rings is 2. The summed E-state index contributed by atoms with van der Waals surface area (Å²) in [5, 5.41) is 7.80. The van der Waals surface area contributed by atoms with Crippen LogP contribution in [-0.4, -0.2) is 109 Å². The molecule has 3 saturated heterocycles. The number of allylic oxidation sites excluding steroid dienone is 2. The topological polar surface area (TPSA) is 151 Å². The van der Waals surface area contributed by atoms with Gasteiger partial charge in [0, 0.05) is 73.1 Å². The molecule has 1 unspecified atom stereocenters. The van der Waals surface area contributed by atoms with Gasteiger partial charge in [0.1, 0.15) is 12.1 Å². The summed E-state index contributed by atoms with van der Waals surface area (Å²) in [4.78, 5) is 66.0. The second-order valence-electron chi connectivity index (χ2n) is 17.5. The van der Waals surface area contributed by atoms with Crippen molar-refractivity contribution in [2.75, 3.05) is 27.4 Å². The summed E-state index contributed by atoms with van der Waals surface area (Å²) >= 11 is 0. The number of carbonyl (C=O) groups is 4. The Balaban J connectivity index is 0.827. The van der Waals surface area contributed by atoms with Crippen LogP contribution in [0.25, 0.3) is 16.3 Å². The van der Waals surface area contributed by atoms with Crippen LogP contribution in [0.2, 0.25) is 0 Å². The quantitative estimate of drug-likeness (QED) is 0.313. The van der Waals surface area contributed by atoms with Crippen molar-refractivity contribution in [3.8, 4) is 11.8 Å². The predicted molar refractivity (Wildman–Crippen MR) is 222 cm³/mol. The summed E-state index contributed by atoms with van der Waals surface area (Å²) in [5.41, 5.74) is 6.00. The van der Waals surface area contributed by atoms with Crippen LogP contribution in [0.1, 0.15) is 76.3 Å². The molecule has 8 atom stereocenters.